The Hall–Kier alpha value is -0.820. The first kappa shape index (κ1) is 40.0. The summed E-state index contributed by atoms with van der Waals surface area (Å²) in [7, 11) is 0. The van der Waals surface area contributed by atoms with Crippen molar-refractivity contribution in [2.45, 2.75) is 231 Å². The van der Waals surface area contributed by atoms with Gasteiger partial charge in [0, 0.05) is 35.3 Å². The van der Waals surface area contributed by atoms with Crippen LogP contribution in [0, 0.1) is 16.7 Å². The first-order valence-corrected chi connectivity index (χ1v) is 21.0. The van der Waals surface area contributed by atoms with Crippen molar-refractivity contribution in [2.24, 2.45) is 26.7 Å². The van der Waals surface area contributed by atoms with Crippen LogP contribution >= 0.6 is 0 Å². The molecule has 278 valence electrons. The van der Waals surface area contributed by atoms with E-state index in [2.05, 4.69) is 26.3 Å². The van der Waals surface area contributed by atoms with Gasteiger partial charge in [-0.05, 0) is 104 Å². The molecular formula is C42H76N2O4. The molecule has 2 saturated heterocycles. The van der Waals surface area contributed by atoms with Crippen LogP contribution < -0.4 is 0 Å². The third-order valence-corrected chi connectivity index (χ3v) is 12.3. The summed E-state index contributed by atoms with van der Waals surface area (Å²) in [6, 6.07) is 1.26. The Morgan fingerprint density at radius 2 is 1.12 bits per heavy atom. The molecule has 7 fully saturated rings. The van der Waals surface area contributed by atoms with Gasteiger partial charge < -0.3 is 19.7 Å². The molecule has 6 heteroatoms. The average Bonchev–Trinajstić information content (AvgIpc) is 3.85. The minimum absolute atomic E-state index is 0.137. The molecule has 4 atom stereocenters. The number of rotatable bonds is 6. The van der Waals surface area contributed by atoms with Crippen molar-refractivity contribution in [3.05, 3.63) is 0 Å². The molecule has 2 N–H and O–H groups in total. The second-order valence-corrected chi connectivity index (χ2v) is 17.1. The Balaban J connectivity index is 0.000000156. The second-order valence-electron chi connectivity index (χ2n) is 17.1. The van der Waals surface area contributed by atoms with Crippen LogP contribution in [0.3, 0.4) is 0 Å². The van der Waals surface area contributed by atoms with Gasteiger partial charge in [-0.15, -0.1) is 0 Å². The van der Waals surface area contributed by atoms with E-state index in [9.17, 15) is 10.2 Å². The standard InChI is InChI=1S/C16H29NO.C13H23N.C10H18O2.C3H6O/c1-14(18)12-16(10-6-3-7-11-16)13-17-15-8-4-2-5-9-15;1-3-7-12(8-4-1)11-14-13-9-5-2-6-10-13;1-8-7-10(9(11)12-8)5-3-2-4-6-10;1-3-2-4-3/h13-15,18H,2-12H2,1H3;11-13H,1-10H2;8-9,11H,2-7H2,1H3;3H,2H2,1H3. The summed E-state index contributed by atoms with van der Waals surface area (Å²) >= 11 is 0. The molecule has 7 aliphatic rings. The summed E-state index contributed by atoms with van der Waals surface area (Å²) in [5, 5.41) is 19.5. The molecular weight excluding hydrogens is 596 g/mol. The number of hydrogen-bond donors (Lipinski definition) is 2. The van der Waals surface area contributed by atoms with E-state index in [4.69, 9.17) is 19.5 Å². The lowest BCUT2D eigenvalue weighted by Crippen LogP contribution is -2.32. The van der Waals surface area contributed by atoms with Crippen LogP contribution in [-0.4, -0.2) is 65.9 Å². The number of hydrogen-bond acceptors (Lipinski definition) is 6. The Kier molecular flexibility index (Phi) is 17.9. The van der Waals surface area contributed by atoms with Gasteiger partial charge in [0.05, 0.1) is 24.9 Å². The van der Waals surface area contributed by atoms with Crippen LogP contribution in [0.1, 0.15) is 194 Å². The molecule has 48 heavy (non-hydrogen) atoms. The Morgan fingerprint density at radius 3 is 1.58 bits per heavy atom. The topological polar surface area (TPSA) is 86.9 Å². The van der Waals surface area contributed by atoms with E-state index < -0.39 is 6.29 Å². The van der Waals surface area contributed by atoms with Crippen molar-refractivity contribution >= 4 is 12.4 Å². The number of aliphatic hydroxyl groups excluding tert-OH is 2. The fourth-order valence-electron chi connectivity index (χ4n) is 9.37. The van der Waals surface area contributed by atoms with Gasteiger partial charge in [0.25, 0.3) is 0 Å². The van der Waals surface area contributed by atoms with Crippen LogP contribution in [0.2, 0.25) is 0 Å². The van der Waals surface area contributed by atoms with E-state index in [1.165, 1.54) is 161 Å². The maximum atomic E-state index is 9.75. The second kappa shape index (κ2) is 21.5. The summed E-state index contributed by atoms with van der Waals surface area (Å²) in [4.78, 5) is 9.68. The van der Waals surface area contributed by atoms with Crippen LogP contribution in [-0.2, 0) is 9.47 Å². The fraction of sp³-hybridized carbons (Fsp3) is 0.952. The average molecular weight is 673 g/mol. The van der Waals surface area contributed by atoms with Gasteiger partial charge in [-0.3, -0.25) is 9.98 Å². The number of aliphatic imine (C=N–C) groups is 2. The minimum atomic E-state index is -0.479. The molecule has 2 aliphatic heterocycles. The molecule has 0 aromatic rings. The van der Waals surface area contributed by atoms with E-state index in [-0.39, 0.29) is 23.0 Å². The van der Waals surface area contributed by atoms with Gasteiger partial charge in [-0.2, -0.15) is 0 Å². The van der Waals surface area contributed by atoms with Crippen molar-refractivity contribution in [2.75, 3.05) is 6.61 Å². The van der Waals surface area contributed by atoms with Gasteiger partial charge >= 0.3 is 0 Å². The van der Waals surface area contributed by atoms with Crippen molar-refractivity contribution in [3.63, 3.8) is 0 Å². The zero-order chi connectivity index (χ0) is 34.1. The molecule has 7 rings (SSSR count). The van der Waals surface area contributed by atoms with Crippen molar-refractivity contribution in [3.8, 4) is 0 Å². The third-order valence-electron chi connectivity index (χ3n) is 12.3. The van der Waals surface area contributed by atoms with Gasteiger partial charge in [-0.1, -0.05) is 96.3 Å². The van der Waals surface area contributed by atoms with E-state index in [0.29, 0.717) is 18.2 Å². The lowest BCUT2D eigenvalue weighted by Gasteiger charge is -2.35. The van der Waals surface area contributed by atoms with Gasteiger partial charge in [-0.25, -0.2) is 0 Å². The van der Waals surface area contributed by atoms with E-state index in [0.717, 1.165) is 25.4 Å². The number of ether oxygens (including phenoxy) is 2. The SMILES string of the molecule is C(=NC1CCCCC1)C1CCCCC1.CC(O)CC1(C=NC2CCCCC2)CCCCC1.CC1CC2(CCCCC2)C(O)O1.CC1CO1. The number of epoxide rings is 1. The van der Waals surface area contributed by atoms with Crippen molar-refractivity contribution < 1.29 is 19.7 Å². The fourth-order valence-corrected chi connectivity index (χ4v) is 9.37. The van der Waals surface area contributed by atoms with E-state index in [1.54, 1.807) is 0 Å². The lowest BCUT2D eigenvalue weighted by atomic mass is 9.71. The minimum Gasteiger partial charge on any atom is -0.393 e. The smallest absolute Gasteiger partial charge is 0.160 e. The monoisotopic (exact) mass is 673 g/mol. The molecule has 0 aromatic carbocycles. The van der Waals surface area contributed by atoms with Crippen LogP contribution in [0.4, 0.5) is 0 Å². The summed E-state index contributed by atoms with van der Waals surface area (Å²) in [5.74, 6) is 0.825. The van der Waals surface area contributed by atoms with Gasteiger partial charge in [0.2, 0.25) is 0 Å². The highest BCUT2D eigenvalue weighted by Crippen LogP contribution is 2.48. The normalized spacial score (nSPS) is 31.6. The Bertz CT molecular complexity index is 867. The molecule has 5 aliphatic carbocycles. The molecule has 5 saturated carbocycles. The maximum Gasteiger partial charge on any atom is 0.160 e. The number of aliphatic hydroxyl groups is 2. The molecule has 0 aromatic heterocycles. The highest BCUT2D eigenvalue weighted by atomic mass is 16.6. The molecule has 0 amide bonds. The third kappa shape index (κ3) is 14.8. The Morgan fingerprint density at radius 1 is 0.667 bits per heavy atom. The van der Waals surface area contributed by atoms with E-state index >= 15 is 0 Å². The first-order chi connectivity index (χ1) is 23.3. The van der Waals surface area contributed by atoms with Crippen molar-refractivity contribution in [1.29, 1.82) is 0 Å². The summed E-state index contributed by atoms with van der Waals surface area (Å²) in [6.07, 6.45) is 40.1. The molecule has 0 radical (unpaired) electrons. The van der Waals surface area contributed by atoms with Crippen molar-refractivity contribution in [1.82, 2.24) is 0 Å². The lowest BCUT2D eigenvalue weighted by molar-refractivity contribution is -0.140. The van der Waals surface area contributed by atoms with Gasteiger partial charge in [0.1, 0.15) is 0 Å². The largest absolute Gasteiger partial charge is 0.393 e. The first-order valence-electron chi connectivity index (χ1n) is 21.0. The predicted octanol–water partition coefficient (Wildman–Crippen LogP) is 10.6. The number of nitrogens with zero attached hydrogens (tertiary/aromatic N) is 2. The van der Waals surface area contributed by atoms with E-state index in [1.807, 2.05) is 6.92 Å². The highest BCUT2D eigenvalue weighted by molar-refractivity contribution is 5.66. The predicted molar refractivity (Wildman–Crippen MR) is 201 cm³/mol. The summed E-state index contributed by atoms with van der Waals surface area (Å²) in [5.41, 5.74) is 0.349. The van der Waals surface area contributed by atoms with Crippen LogP contribution in [0.25, 0.3) is 0 Å². The quantitative estimate of drug-likeness (QED) is 0.217. The summed E-state index contributed by atoms with van der Waals surface area (Å²) in [6.45, 7) is 7.03. The molecule has 2 heterocycles. The zero-order valence-electron chi connectivity index (χ0n) is 31.6. The molecule has 0 bridgehead atoms. The zero-order valence-corrected chi connectivity index (χ0v) is 31.6. The van der Waals surface area contributed by atoms with Crippen LogP contribution in [0.15, 0.2) is 9.98 Å². The highest BCUT2D eigenvalue weighted by Gasteiger charge is 2.46. The molecule has 1 spiro atoms. The Labute approximate surface area is 295 Å². The van der Waals surface area contributed by atoms with Gasteiger partial charge in [0.15, 0.2) is 6.29 Å². The van der Waals surface area contributed by atoms with Crippen LogP contribution in [0.5, 0.6) is 0 Å². The summed E-state index contributed by atoms with van der Waals surface area (Å²) < 4.78 is 10.1. The molecule has 4 unspecified atom stereocenters. The molecule has 6 nitrogen and oxygen atoms in total. The maximum absolute atomic E-state index is 9.75.